The molecular formula is C8H7NO4. The van der Waals surface area contributed by atoms with Gasteiger partial charge >= 0.3 is 5.97 Å². The fourth-order valence-electron chi connectivity index (χ4n) is 1.21. The van der Waals surface area contributed by atoms with Gasteiger partial charge in [-0.15, -0.1) is 12.3 Å². The standard InChI is InChI=1S/C8H7NO4/c1-2-3-8(7(12)13)4-5(10)9-6(8)11/h1H,3-4H2,(H,12,13)(H,9,10,11). The molecule has 0 radical (unpaired) electrons. The van der Waals surface area contributed by atoms with Gasteiger partial charge < -0.3 is 5.11 Å². The Morgan fingerprint density at radius 3 is 2.62 bits per heavy atom. The maximum atomic E-state index is 11.1. The highest BCUT2D eigenvalue weighted by Crippen LogP contribution is 2.31. The van der Waals surface area contributed by atoms with Crippen molar-refractivity contribution in [3.63, 3.8) is 0 Å². The van der Waals surface area contributed by atoms with Crippen molar-refractivity contribution < 1.29 is 19.5 Å². The number of carbonyl (C=O) groups is 3. The quantitative estimate of drug-likeness (QED) is 0.329. The van der Waals surface area contributed by atoms with E-state index in [0.717, 1.165) is 0 Å². The maximum absolute atomic E-state index is 11.1. The second-order valence-corrected chi connectivity index (χ2v) is 2.82. The number of nitrogens with one attached hydrogen (secondary N) is 1. The maximum Gasteiger partial charge on any atom is 0.320 e. The van der Waals surface area contributed by atoms with E-state index in [0.29, 0.717) is 0 Å². The van der Waals surface area contributed by atoms with E-state index in [1.54, 1.807) is 0 Å². The molecule has 1 unspecified atom stereocenters. The topological polar surface area (TPSA) is 83.5 Å². The second-order valence-electron chi connectivity index (χ2n) is 2.82. The first kappa shape index (κ1) is 9.26. The minimum absolute atomic E-state index is 0.264. The van der Waals surface area contributed by atoms with Gasteiger partial charge in [0.25, 0.3) is 0 Å². The summed E-state index contributed by atoms with van der Waals surface area (Å²) in [5.74, 6) is -0.676. The van der Waals surface area contributed by atoms with Crippen LogP contribution in [0, 0.1) is 17.8 Å². The summed E-state index contributed by atoms with van der Waals surface area (Å²) in [6.45, 7) is 0. The summed E-state index contributed by atoms with van der Waals surface area (Å²) in [5.41, 5.74) is -1.74. The van der Waals surface area contributed by atoms with Gasteiger partial charge in [-0.25, -0.2) is 0 Å². The van der Waals surface area contributed by atoms with Crippen LogP contribution in [0.1, 0.15) is 12.8 Å². The van der Waals surface area contributed by atoms with Crippen LogP contribution in [-0.4, -0.2) is 22.9 Å². The zero-order valence-electron chi connectivity index (χ0n) is 6.66. The molecule has 1 atom stereocenters. The SMILES string of the molecule is C#CCC1(C(=O)O)CC(=O)NC1=O. The Labute approximate surface area is 74.1 Å². The monoisotopic (exact) mass is 181 g/mol. The Balaban J connectivity index is 3.06. The van der Waals surface area contributed by atoms with Crippen LogP contribution in [0.5, 0.6) is 0 Å². The number of terminal acetylenes is 1. The highest BCUT2D eigenvalue weighted by Gasteiger charge is 2.52. The van der Waals surface area contributed by atoms with E-state index >= 15 is 0 Å². The number of carboxylic acids is 1. The van der Waals surface area contributed by atoms with Crippen LogP contribution in [0.2, 0.25) is 0 Å². The number of hydrogen-bond donors (Lipinski definition) is 2. The summed E-state index contributed by atoms with van der Waals surface area (Å²) in [6, 6.07) is 0. The van der Waals surface area contributed by atoms with Crippen molar-refractivity contribution in [2.24, 2.45) is 5.41 Å². The van der Waals surface area contributed by atoms with Crippen molar-refractivity contribution in [3.8, 4) is 12.3 Å². The zero-order valence-corrected chi connectivity index (χ0v) is 6.66. The van der Waals surface area contributed by atoms with E-state index in [-0.39, 0.29) is 12.8 Å². The normalized spacial score (nSPS) is 26.7. The third kappa shape index (κ3) is 1.26. The summed E-state index contributed by atoms with van der Waals surface area (Å²) in [6.07, 6.45) is 4.30. The first-order valence-electron chi connectivity index (χ1n) is 3.54. The van der Waals surface area contributed by atoms with Crippen LogP contribution in [-0.2, 0) is 14.4 Å². The molecule has 0 aromatic rings. The Bertz CT molecular complexity index is 328. The summed E-state index contributed by atoms with van der Waals surface area (Å²) in [4.78, 5) is 32.7. The lowest BCUT2D eigenvalue weighted by atomic mass is 9.83. The summed E-state index contributed by atoms with van der Waals surface area (Å²) in [7, 11) is 0. The van der Waals surface area contributed by atoms with Gasteiger partial charge in [0.2, 0.25) is 11.8 Å². The second kappa shape index (κ2) is 2.90. The van der Waals surface area contributed by atoms with Gasteiger partial charge in [0.05, 0.1) is 6.42 Å². The summed E-state index contributed by atoms with van der Waals surface area (Å²) >= 11 is 0. The van der Waals surface area contributed by atoms with E-state index in [9.17, 15) is 14.4 Å². The van der Waals surface area contributed by atoms with Gasteiger partial charge in [-0.2, -0.15) is 0 Å². The molecule has 0 saturated carbocycles. The van der Waals surface area contributed by atoms with Crippen molar-refractivity contribution in [2.75, 3.05) is 0 Å². The van der Waals surface area contributed by atoms with Gasteiger partial charge in [-0.3, -0.25) is 19.7 Å². The van der Waals surface area contributed by atoms with Crippen LogP contribution in [0.25, 0.3) is 0 Å². The largest absolute Gasteiger partial charge is 0.480 e. The number of hydrogen-bond acceptors (Lipinski definition) is 3. The van der Waals surface area contributed by atoms with Crippen molar-refractivity contribution in [2.45, 2.75) is 12.8 Å². The van der Waals surface area contributed by atoms with E-state index in [2.05, 4.69) is 5.92 Å². The average molecular weight is 181 g/mol. The zero-order chi connectivity index (χ0) is 10.1. The van der Waals surface area contributed by atoms with E-state index in [4.69, 9.17) is 11.5 Å². The van der Waals surface area contributed by atoms with Gasteiger partial charge in [0, 0.05) is 6.42 Å². The van der Waals surface area contributed by atoms with Crippen LogP contribution in [0.4, 0.5) is 0 Å². The van der Waals surface area contributed by atoms with Crippen molar-refractivity contribution >= 4 is 17.8 Å². The number of carbonyl (C=O) groups excluding carboxylic acids is 2. The molecule has 2 amide bonds. The molecule has 1 aliphatic heterocycles. The Kier molecular flexibility index (Phi) is 2.07. The number of carboxylic acid groups (broad SMARTS) is 1. The molecule has 5 nitrogen and oxygen atoms in total. The Morgan fingerprint density at radius 1 is 1.69 bits per heavy atom. The fraction of sp³-hybridized carbons (Fsp3) is 0.375. The van der Waals surface area contributed by atoms with Gasteiger partial charge in [-0.1, -0.05) is 0 Å². The lowest BCUT2D eigenvalue weighted by Gasteiger charge is -2.15. The molecule has 0 aromatic heterocycles. The molecule has 0 spiro atoms. The number of imide groups is 1. The van der Waals surface area contributed by atoms with Crippen LogP contribution < -0.4 is 5.32 Å². The van der Waals surface area contributed by atoms with E-state index in [1.165, 1.54) is 0 Å². The molecular weight excluding hydrogens is 174 g/mol. The molecule has 0 aromatic carbocycles. The summed E-state index contributed by atoms with van der Waals surface area (Å²) < 4.78 is 0. The van der Waals surface area contributed by atoms with E-state index < -0.39 is 23.2 Å². The molecule has 68 valence electrons. The smallest absolute Gasteiger partial charge is 0.320 e. The number of rotatable bonds is 2. The molecule has 2 N–H and O–H groups in total. The average Bonchev–Trinajstić information content (AvgIpc) is 2.28. The molecule has 1 fully saturated rings. The molecule has 1 rings (SSSR count). The lowest BCUT2D eigenvalue weighted by Crippen LogP contribution is -2.38. The highest BCUT2D eigenvalue weighted by atomic mass is 16.4. The summed E-state index contributed by atoms with van der Waals surface area (Å²) in [5, 5.41) is 10.7. The molecule has 0 aliphatic carbocycles. The first-order valence-corrected chi connectivity index (χ1v) is 3.54. The van der Waals surface area contributed by atoms with Gasteiger partial charge in [-0.05, 0) is 0 Å². The van der Waals surface area contributed by atoms with Crippen LogP contribution in [0.3, 0.4) is 0 Å². The molecule has 1 aliphatic rings. The molecule has 5 heteroatoms. The number of amides is 2. The molecule has 1 heterocycles. The van der Waals surface area contributed by atoms with Gasteiger partial charge in [0.15, 0.2) is 5.41 Å². The molecule has 1 saturated heterocycles. The van der Waals surface area contributed by atoms with Crippen molar-refractivity contribution in [1.29, 1.82) is 0 Å². The van der Waals surface area contributed by atoms with Crippen LogP contribution >= 0.6 is 0 Å². The number of aliphatic carboxylic acids is 1. The first-order chi connectivity index (χ1) is 6.03. The fourth-order valence-corrected chi connectivity index (χ4v) is 1.21. The highest BCUT2D eigenvalue weighted by molar-refractivity contribution is 6.15. The Morgan fingerprint density at radius 2 is 2.31 bits per heavy atom. The van der Waals surface area contributed by atoms with Crippen molar-refractivity contribution in [1.82, 2.24) is 5.32 Å². The molecule has 13 heavy (non-hydrogen) atoms. The van der Waals surface area contributed by atoms with Gasteiger partial charge in [0.1, 0.15) is 0 Å². The Hall–Kier alpha value is -1.83. The third-order valence-electron chi connectivity index (χ3n) is 1.96. The lowest BCUT2D eigenvalue weighted by molar-refractivity contribution is -0.153. The predicted molar refractivity (Wildman–Crippen MR) is 41.3 cm³/mol. The van der Waals surface area contributed by atoms with E-state index in [1.807, 2.05) is 5.32 Å². The molecule has 0 bridgehead atoms. The minimum atomic E-state index is -1.74. The third-order valence-corrected chi connectivity index (χ3v) is 1.96. The minimum Gasteiger partial charge on any atom is -0.480 e. The predicted octanol–water partition coefficient (Wildman–Crippen LogP) is -0.873. The van der Waals surface area contributed by atoms with Crippen LogP contribution in [0.15, 0.2) is 0 Å². The van der Waals surface area contributed by atoms with Crippen molar-refractivity contribution in [3.05, 3.63) is 0 Å².